The van der Waals surface area contributed by atoms with Crippen molar-refractivity contribution in [3.05, 3.63) is 48.2 Å². The van der Waals surface area contributed by atoms with E-state index in [0.717, 1.165) is 25.9 Å². The second-order valence-electron chi connectivity index (χ2n) is 4.65. The lowest BCUT2D eigenvalue weighted by Crippen LogP contribution is -2.00. The molecule has 0 aliphatic carbocycles. The van der Waals surface area contributed by atoms with Gasteiger partial charge in [0.1, 0.15) is 0 Å². The van der Waals surface area contributed by atoms with Crippen LogP contribution in [0.2, 0.25) is 0 Å². The van der Waals surface area contributed by atoms with E-state index in [1.54, 1.807) is 0 Å². The van der Waals surface area contributed by atoms with Gasteiger partial charge < -0.3 is 10.3 Å². The normalized spacial score (nSPS) is 10.9. The van der Waals surface area contributed by atoms with Crippen molar-refractivity contribution in [2.24, 2.45) is 5.73 Å². The van der Waals surface area contributed by atoms with Gasteiger partial charge in [-0.2, -0.15) is 0 Å². The Labute approximate surface area is 103 Å². The van der Waals surface area contributed by atoms with Gasteiger partial charge in [0.25, 0.3) is 0 Å². The van der Waals surface area contributed by atoms with Crippen molar-refractivity contribution in [2.45, 2.75) is 26.3 Å². The highest BCUT2D eigenvalue weighted by Crippen LogP contribution is 2.23. The van der Waals surface area contributed by atoms with Gasteiger partial charge in [-0.25, -0.2) is 0 Å². The molecule has 90 valence electrons. The van der Waals surface area contributed by atoms with Gasteiger partial charge in [-0.1, -0.05) is 30.4 Å². The number of rotatable bonds is 5. The first-order valence-corrected chi connectivity index (χ1v) is 6.13. The van der Waals surface area contributed by atoms with E-state index < -0.39 is 0 Å². The quantitative estimate of drug-likeness (QED) is 0.783. The molecule has 1 aromatic heterocycles. The Kier molecular flexibility index (Phi) is 3.64. The summed E-state index contributed by atoms with van der Waals surface area (Å²) in [6, 6.07) is 8.55. The minimum absolute atomic E-state index is 0.750. The molecule has 0 saturated carbocycles. The summed E-state index contributed by atoms with van der Waals surface area (Å²) < 4.78 is 2.28. The third-order valence-corrected chi connectivity index (χ3v) is 2.96. The number of allylic oxidation sites excluding steroid dienone is 1. The summed E-state index contributed by atoms with van der Waals surface area (Å²) in [4.78, 5) is 0. The number of fused-ring (bicyclic) bond motifs is 1. The zero-order chi connectivity index (χ0) is 12.3. The zero-order valence-electron chi connectivity index (χ0n) is 10.4. The minimum atomic E-state index is 0.750. The van der Waals surface area contributed by atoms with Crippen molar-refractivity contribution in [3.8, 4) is 0 Å². The van der Waals surface area contributed by atoms with Gasteiger partial charge in [-0.05, 0) is 37.9 Å². The maximum absolute atomic E-state index is 5.59. The first kappa shape index (κ1) is 11.9. The third kappa shape index (κ3) is 2.59. The SMILES string of the molecule is C=C(C)Cn1cc(CCCN)c2ccccc21. The van der Waals surface area contributed by atoms with Crippen molar-refractivity contribution in [2.75, 3.05) is 6.54 Å². The molecule has 0 aliphatic rings. The van der Waals surface area contributed by atoms with Crippen LogP contribution in [-0.2, 0) is 13.0 Å². The number of hydrogen-bond acceptors (Lipinski definition) is 1. The molecule has 2 N–H and O–H groups in total. The number of nitrogens with two attached hydrogens (primary N) is 1. The highest BCUT2D eigenvalue weighted by Gasteiger charge is 2.07. The maximum atomic E-state index is 5.59. The molecule has 2 nitrogen and oxygen atoms in total. The average Bonchev–Trinajstić information content (AvgIpc) is 2.65. The van der Waals surface area contributed by atoms with Crippen molar-refractivity contribution >= 4 is 10.9 Å². The molecule has 0 amide bonds. The van der Waals surface area contributed by atoms with Crippen LogP contribution in [0.15, 0.2) is 42.6 Å². The molecule has 1 heterocycles. The number of benzene rings is 1. The monoisotopic (exact) mass is 228 g/mol. The van der Waals surface area contributed by atoms with Crippen LogP contribution in [-0.4, -0.2) is 11.1 Å². The highest BCUT2D eigenvalue weighted by atomic mass is 15.0. The lowest BCUT2D eigenvalue weighted by molar-refractivity contribution is 0.799. The zero-order valence-corrected chi connectivity index (χ0v) is 10.4. The van der Waals surface area contributed by atoms with E-state index in [2.05, 4.69) is 48.5 Å². The standard InChI is InChI=1S/C15H20N2/c1-12(2)10-17-11-13(6-5-9-16)14-7-3-4-8-15(14)17/h3-4,7-8,11H,1,5-6,9-10,16H2,2H3. The van der Waals surface area contributed by atoms with Crippen LogP contribution in [0.5, 0.6) is 0 Å². The van der Waals surface area contributed by atoms with Crippen molar-refractivity contribution in [1.29, 1.82) is 0 Å². The van der Waals surface area contributed by atoms with Gasteiger partial charge in [0.15, 0.2) is 0 Å². The Balaban J connectivity index is 2.42. The van der Waals surface area contributed by atoms with Crippen LogP contribution in [0, 0.1) is 0 Å². The fourth-order valence-corrected chi connectivity index (χ4v) is 2.24. The van der Waals surface area contributed by atoms with Crippen molar-refractivity contribution < 1.29 is 0 Å². The van der Waals surface area contributed by atoms with Gasteiger partial charge in [0, 0.05) is 23.6 Å². The average molecular weight is 228 g/mol. The van der Waals surface area contributed by atoms with Crippen molar-refractivity contribution in [3.63, 3.8) is 0 Å². The molecule has 0 spiro atoms. The molecule has 0 bridgehead atoms. The second-order valence-corrected chi connectivity index (χ2v) is 4.65. The number of para-hydroxylation sites is 1. The minimum Gasteiger partial charge on any atom is -0.343 e. The molecule has 1 aromatic carbocycles. The first-order valence-electron chi connectivity index (χ1n) is 6.13. The molecule has 0 aliphatic heterocycles. The van der Waals surface area contributed by atoms with Gasteiger partial charge in [-0.3, -0.25) is 0 Å². The summed E-state index contributed by atoms with van der Waals surface area (Å²) in [6.07, 6.45) is 4.34. The topological polar surface area (TPSA) is 30.9 Å². The largest absolute Gasteiger partial charge is 0.343 e. The lowest BCUT2D eigenvalue weighted by atomic mass is 10.1. The number of nitrogens with zero attached hydrogens (tertiary/aromatic N) is 1. The number of hydrogen-bond donors (Lipinski definition) is 1. The summed E-state index contributed by atoms with van der Waals surface area (Å²) in [5, 5.41) is 1.35. The van der Waals surface area contributed by atoms with Crippen LogP contribution in [0.3, 0.4) is 0 Å². The predicted octanol–water partition coefficient (Wildman–Crippen LogP) is 3.11. The molecule has 2 rings (SSSR count). The van der Waals surface area contributed by atoms with E-state index in [0.29, 0.717) is 0 Å². The van der Waals surface area contributed by atoms with Crippen LogP contribution in [0.4, 0.5) is 0 Å². The summed E-state index contributed by atoms with van der Waals surface area (Å²) in [6.45, 7) is 7.69. The van der Waals surface area contributed by atoms with E-state index in [1.165, 1.54) is 22.0 Å². The Bertz CT molecular complexity index is 523. The number of aryl methyl sites for hydroxylation is 1. The molecule has 2 aromatic rings. The Morgan fingerprint density at radius 3 is 2.82 bits per heavy atom. The van der Waals surface area contributed by atoms with E-state index >= 15 is 0 Å². The van der Waals surface area contributed by atoms with Gasteiger partial charge >= 0.3 is 0 Å². The molecular formula is C15H20N2. The first-order chi connectivity index (χ1) is 8.22. The maximum Gasteiger partial charge on any atom is 0.0486 e. The molecule has 17 heavy (non-hydrogen) atoms. The van der Waals surface area contributed by atoms with Crippen LogP contribution >= 0.6 is 0 Å². The summed E-state index contributed by atoms with van der Waals surface area (Å²) in [5.74, 6) is 0. The summed E-state index contributed by atoms with van der Waals surface area (Å²) in [7, 11) is 0. The molecule has 0 atom stereocenters. The Hall–Kier alpha value is -1.54. The van der Waals surface area contributed by atoms with Gasteiger partial charge in [0.2, 0.25) is 0 Å². The molecule has 0 radical (unpaired) electrons. The fraction of sp³-hybridized carbons (Fsp3) is 0.333. The number of aromatic nitrogens is 1. The van der Waals surface area contributed by atoms with Crippen molar-refractivity contribution in [1.82, 2.24) is 4.57 Å². The fourth-order valence-electron chi connectivity index (χ4n) is 2.24. The summed E-state index contributed by atoms with van der Waals surface area (Å²) in [5.41, 5.74) is 9.45. The van der Waals surface area contributed by atoms with Crippen LogP contribution in [0.25, 0.3) is 10.9 Å². The predicted molar refractivity (Wildman–Crippen MR) is 74.1 cm³/mol. The smallest absolute Gasteiger partial charge is 0.0486 e. The molecule has 0 fully saturated rings. The molecule has 0 unspecified atom stereocenters. The Morgan fingerprint density at radius 2 is 2.12 bits per heavy atom. The lowest BCUT2D eigenvalue weighted by Gasteiger charge is -2.03. The third-order valence-electron chi connectivity index (χ3n) is 2.96. The highest BCUT2D eigenvalue weighted by molar-refractivity contribution is 5.84. The van der Waals surface area contributed by atoms with Gasteiger partial charge in [0.05, 0.1) is 0 Å². The van der Waals surface area contributed by atoms with E-state index in [1.807, 2.05) is 0 Å². The molecule has 2 heteroatoms. The van der Waals surface area contributed by atoms with E-state index in [4.69, 9.17) is 5.73 Å². The van der Waals surface area contributed by atoms with E-state index in [9.17, 15) is 0 Å². The second kappa shape index (κ2) is 5.19. The van der Waals surface area contributed by atoms with E-state index in [-0.39, 0.29) is 0 Å². The van der Waals surface area contributed by atoms with Crippen LogP contribution < -0.4 is 5.73 Å². The Morgan fingerprint density at radius 1 is 1.35 bits per heavy atom. The summed E-state index contributed by atoms with van der Waals surface area (Å²) >= 11 is 0. The van der Waals surface area contributed by atoms with Crippen LogP contribution in [0.1, 0.15) is 18.9 Å². The molecule has 0 saturated heterocycles. The van der Waals surface area contributed by atoms with Gasteiger partial charge in [-0.15, -0.1) is 0 Å². The molecular weight excluding hydrogens is 208 g/mol.